The molecule has 2 N–H and O–H groups in total. The Hall–Kier alpha value is -1.09. The fourth-order valence-corrected chi connectivity index (χ4v) is 2.08. The maximum absolute atomic E-state index is 5.93. The van der Waals surface area contributed by atoms with Crippen molar-refractivity contribution < 1.29 is 0 Å². The Labute approximate surface area is 104 Å². The van der Waals surface area contributed by atoms with Gasteiger partial charge in [0.2, 0.25) is 0 Å². The molecule has 1 aliphatic rings. The topological polar surface area (TPSA) is 42.1 Å². The number of anilines is 1. The van der Waals surface area contributed by atoms with Gasteiger partial charge in [0.1, 0.15) is 5.82 Å². The van der Waals surface area contributed by atoms with Crippen LogP contribution in [0.3, 0.4) is 0 Å². The van der Waals surface area contributed by atoms with Crippen molar-refractivity contribution in [3.63, 3.8) is 0 Å². The number of hydrogen-bond acceptors (Lipinski definition) is 3. The first kappa shape index (κ1) is 12.4. The Morgan fingerprint density at radius 3 is 2.65 bits per heavy atom. The summed E-state index contributed by atoms with van der Waals surface area (Å²) in [4.78, 5) is 6.95. The first-order valence-corrected chi connectivity index (χ1v) is 6.56. The van der Waals surface area contributed by atoms with Crippen LogP contribution in [-0.2, 0) is 0 Å². The molecule has 0 spiro atoms. The van der Waals surface area contributed by atoms with Gasteiger partial charge >= 0.3 is 0 Å². The Kier molecular flexibility index (Phi) is 3.67. The van der Waals surface area contributed by atoms with E-state index < -0.39 is 0 Å². The van der Waals surface area contributed by atoms with Crippen LogP contribution in [0.1, 0.15) is 45.2 Å². The molecule has 1 atom stereocenters. The molecule has 1 heterocycles. The largest absolute Gasteiger partial charge is 0.353 e. The highest BCUT2D eigenvalue weighted by molar-refractivity contribution is 5.44. The van der Waals surface area contributed by atoms with E-state index in [1.807, 2.05) is 19.2 Å². The van der Waals surface area contributed by atoms with E-state index in [4.69, 9.17) is 5.73 Å². The molecule has 17 heavy (non-hydrogen) atoms. The fraction of sp³-hybridized carbons (Fsp3) is 0.643. The van der Waals surface area contributed by atoms with E-state index in [-0.39, 0.29) is 6.04 Å². The standard InChI is InChI=1S/C14H23N3/c1-10(2)9-17(13-4-5-13)14-8-12(11(3)15)6-7-16-14/h6-8,10-11,13H,4-5,9,15H2,1-3H3. The molecule has 0 radical (unpaired) electrons. The van der Waals surface area contributed by atoms with Crippen molar-refractivity contribution in [1.82, 2.24) is 4.98 Å². The summed E-state index contributed by atoms with van der Waals surface area (Å²) in [6, 6.07) is 4.94. The van der Waals surface area contributed by atoms with E-state index in [9.17, 15) is 0 Å². The van der Waals surface area contributed by atoms with E-state index in [1.165, 1.54) is 18.4 Å². The van der Waals surface area contributed by atoms with Crippen molar-refractivity contribution in [1.29, 1.82) is 0 Å². The number of pyridine rings is 1. The normalized spacial score (nSPS) is 17.2. The van der Waals surface area contributed by atoms with Gasteiger partial charge in [-0.25, -0.2) is 4.98 Å². The maximum Gasteiger partial charge on any atom is 0.129 e. The quantitative estimate of drug-likeness (QED) is 0.850. The summed E-state index contributed by atoms with van der Waals surface area (Å²) in [5.74, 6) is 1.76. The second-order valence-electron chi connectivity index (χ2n) is 5.51. The number of nitrogens with zero attached hydrogens (tertiary/aromatic N) is 2. The molecule has 1 saturated carbocycles. The average molecular weight is 233 g/mol. The summed E-state index contributed by atoms with van der Waals surface area (Å²) in [5.41, 5.74) is 7.10. The van der Waals surface area contributed by atoms with E-state index >= 15 is 0 Å². The SMILES string of the molecule is CC(C)CN(c1cc(C(C)N)ccn1)C1CC1. The van der Waals surface area contributed by atoms with Gasteiger partial charge in [0, 0.05) is 24.8 Å². The summed E-state index contributed by atoms with van der Waals surface area (Å²) in [7, 11) is 0. The third kappa shape index (κ3) is 3.19. The van der Waals surface area contributed by atoms with Gasteiger partial charge in [-0.2, -0.15) is 0 Å². The zero-order chi connectivity index (χ0) is 12.4. The van der Waals surface area contributed by atoms with Crippen molar-refractivity contribution in [3.05, 3.63) is 23.9 Å². The van der Waals surface area contributed by atoms with E-state index in [0.717, 1.165) is 12.4 Å². The monoisotopic (exact) mass is 233 g/mol. The number of rotatable bonds is 5. The van der Waals surface area contributed by atoms with Crippen molar-refractivity contribution in [2.45, 2.75) is 45.7 Å². The van der Waals surface area contributed by atoms with Gasteiger partial charge < -0.3 is 10.6 Å². The Morgan fingerprint density at radius 2 is 2.12 bits per heavy atom. The molecule has 0 saturated heterocycles. The Morgan fingerprint density at radius 1 is 1.41 bits per heavy atom. The molecule has 0 aliphatic heterocycles. The molecule has 3 nitrogen and oxygen atoms in total. The number of aromatic nitrogens is 1. The van der Waals surface area contributed by atoms with Gasteiger partial charge in [-0.15, -0.1) is 0 Å². The highest BCUT2D eigenvalue weighted by atomic mass is 15.2. The molecule has 0 bridgehead atoms. The van der Waals surface area contributed by atoms with Gasteiger partial charge in [-0.1, -0.05) is 13.8 Å². The molecule has 1 aromatic rings. The fourth-order valence-electron chi connectivity index (χ4n) is 2.08. The van der Waals surface area contributed by atoms with Gasteiger partial charge in [0.25, 0.3) is 0 Å². The maximum atomic E-state index is 5.93. The van der Waals surface area contributed by atoms with E-state index in [2.05, 4.69) is 29.8 Å². The van der Waals surface area contributed by atoms with Crippen LogP contribution >= 0.6 is 0 Å². The summed E-state index contributed by atoms with van der Waals surface area (Å²) in [6.07, 6.45) is 4.48. The smallest absolute Gasteiger partial charge is 0.129 e. The van der Waals surface area contributed by atoms with Crippen LogP contribution < -0.4 is 10.6 Å². The first-order valence-electron chi connectivity index (χ1n) is 6.56. The van der Waals surface area contributed by atoms with Crippen molar-refractivity contribution in [2.75, 3.05) is 11.4 Å². The van der Waals surface area contributed by atoms with Crippen LogP contribution in [0.25, 0.3) is 0 Å². The van der Waals surface area contributed by atoms with E-state index in [1.54, 1.807) is 0 Å². The predicted octanol–water partition coefficient (Wildman–Crippen LogP) is 2.73. The third-order valence-electron chi connectivity index (χ3n) is 3.14. The molecular formula is C14H23N3. The molecule has 1 unspecified atom stereocenters. The molecule has 1 aromatic heterocycles. The summed E-state index contributed by atoms with van der Waals surface area (Å²) in [5, 5.41) is 0. The molecule has 1 fully saturated rings. The molecular weight excluding hydrogens is 210 g/mol. The number of nitrogens with two attached hydrogens (primary N) is 1. The zero-order valence-corrected chi connectivity index (χ0v) is 11.1. The van der Waals surface area contributed by atoms with Crippen LogP contribution in [0.4, 0.5) is 5.82 Å². The summed E-state index contributed by atoms with van der Waals surface area (Å²) >= 11 is 0. The lowest BCUT2D eigenvalue weighted by Crippen LogP contribution is -2.30. The minimum atomic E-state index is 0.0804. The molecule has 2 rings (SSSR count). The van der Waals surface area contributed by atoms with Crippen LogP contribution in [0.2, 0.25) is 0 Å². The lowest BCUT2D eigenvalue weighted by atomic mass is 10.1. The molecule has 3 heteroatoms. The van der Waals surface area contributed by atoms with Crippen molar-refractivity contribution in [2.24, 2.45) is 11.7 Å². The average Bonchev–Trinajstić information content (AvgIpc) is 3.09. The van der Waals surface area contributed by atoms with E-state index in [0.29, 0.717) is 12.0 Å². The lowest BCUT2D eigenvalue weighted by Gasteiger charge is -2.26. The third-order valence-corrected chi connectivity index (χ3v) is 3.14. The molecule has 0 amide bonds. The summed E-state index contributed by atoms with van der Waals surface area (Å²) < 4.78 is 0. The zero-order valence-electron chi connectivity index (χ0n) is 11.1. The summed E-state index contributed by atoms with van der Waals surface area (Å²) in [6.45, 7) is 7.61. The van der Waals surface area contributed by atoms with Crippen molar-refractivity contribution >= 4 is 5.82 Å². The van der Waals surface area contributed by atoms with Crippen LogP contribution in [-0.4, -0.2) is 17.6 Å². The van der Waals surface area contributed by atoms with Crippen LogP contribution in [0, 0.1) is 5.92 Å². The van der Waals surface area contributed by atoms with Gasteiger partial charge in [-0.3, -0.25) is 0 Å². The highest BCUT2D eigenvalue weighted by Crippen LogP contribution is 2.31. The van der Waals surface area contributed by atoms with Crippen LogP contribution in [0.15, 0.2) is 18.3 Å². The Bertz CT molecular complexity index is 369. The second kappa shape index (κ2) is 5.05. The van der Waals surface area contributed by atoms with Crippen molar-refractivity contribution in [3.8, 4) is 0 Å². The van der Waals surface area contributed by atoms with Gasteiger partial charge in [0.15, 0.2) is 0 Å². The predicted molar refractivity (Wildman–Crippen MR) is 72.0 cm³/mol. The molecule has 1 aliphatic carbocycles. The van der Waals surface area contributed by atoms with Gasteiger partial charge in [0.05, 0.1) is 0 Å². The minimum Gasteiger partial charge on any atom is -0.353 e. The Balaban J connectivity index is 2.19. The molecule has 0 aromatic carbocycles. The molecule has 94 valence electrons. The number of hydrogen-bond donors (Lipinski definition) is 1. The van der Waals surface area contributed by atoms with Crippen LogP contribution in [0.5, 0.6) is 0 Å². The lowest BCUT2D eigenvalue weighted by molar-refractivity contribution is 0.602. The second-order valence-corrected chi connectivity index (χ2v) is 5.51. The first-order chi connectivity index (χ1) is 8.08. The minimum absolute atomic E-state index is 0.0804. The highest BCUT2D eigenvalue weighted by Gasteiger charge is 2.30. The van der Waals surface area contributed by atoms with Gasteiger partial charge in [-0.05, 0) is 43.4 Å².